The topological polar surface area (TPSA) is 29.5 Å². The molecule has 0 aromatic carbocycles. The van der Waals surface area contributed by atoms with Gasteiger partial charge >= 0.3 is 0 Å². The van der Waals surface area contributed by atoms with Gasteiger partial charge in [0.25, 0.3) is 5.91 Å². The van der Waals surface area contributed by atoms with E-state index in [1.807, 2.05) is 6.08 Å². The predicted molar refractivity (Wildman–Crippen MR) is 74.7 cm³/mol. The van der Waals surface area contributed by atoms with Crippen LogP contribution in [0.3, 0.4) is 0 Å². The number of rotatable bonds is 7. The van der Waals surface area contributed by atoms with E-state index < -0.39 is 0 Å². The van der Waals surface area contributed by atoms with Crippen LogP contribution in [0.25, 0.3) is 0 Å². The van der Waals surface area contributed by atoms with Crippen LogP contribution in [0, 0.1) is 0 Å². The van der Waals surface area contributed by atoms with Crippen LogP contribution in [0.5, 0.6) is 0 Å². The summed E-state index contributed by atoms with van der Waals surface area (Å²) in [6, 6.07) is 0. The number of hydrogen-bond acceptors (Lipinski definition) is 2. The molecule has 1 aliphatic heterocycles. The molecule has 0 N–H and O–H groups in total. The lowest BCUT2D eigenvalue weighted by Gasteiger charge is -2.26. The Balaban J connectivity index is 2.20. The molecule has 0 atom stereocenters. The third kappa shape index (κ3) is 5.87. The Hall–Kier alpha value is -0.540. The maximum atomic E-state index is 11.9. The van der Waals surface area contributed by atoms with E-state index in [4.69, 9.17) is 16.3 Å². The average Bonchev–Trinajstić information content (AvgIpc) is 2.42. The summed E-state index contributed by atoms with van der Waals surface area (Å²) in [6.07, 6.45) is 8.94. The number of ether oxygens (including phenoxy) is 1. The van der Waals surface area contributed by atoms with Crippen LogP contribution in [0.2, 0.25) is 0 Å². The van der Waals surface area contributed by atoms with Crippen LogP contribution in [0.1, 0.15) is 45.4 Å². The Kier molecular flexibility index (Phi) is 8.10. The quantitative estimate of drug-likeness (QED) is 0.526. The fourth-order valence-electron chi connectivity index (χ4n) is 1.98. The highest BCUT2D eigenvalue weighted by molar-refractivity contribution is 6.42. The maximum absolute atomic E-state index is 11.9. The number of hydrogen-bond donors (Lipinski definition) is 0. The molecule has 0 unspecified atom stereocenters. The predicted octanol–water partition coefficient (Wildman–Crippen LogP) is 3.33. The summed E-state index contributed by atoms with van der Waals surface area (Å²) < 4.78 is 5.21. The van der Waals surface area contributed by atoms with E-state index in [1.54, 1.807) is 4.90 Å². The van der Waals surface area contributed by atoms with Crippen molar-refractivity contribution in [2.24, 2.45) is 0 Å². The van der Waals surface area contributed by atoms with Crippen molar-refractivity contribution in [2.75, 3.05) is 26.3 Å². The molecule has 4 heteroatoms. The van der Waals surface area contributed by atoms with Crippen molar-refractivity contribution in [1.82, 2.24) is 4.90 Å². The number of carbonyl (C=O) groups excluding carboxylic acids is 1. The second-order valence-electron chi connectivity index (χ2n) is 4.66. The van der Waals surface area contributed by atoms with Gasteiger partial charge in [0.1, 0.15) is 5.03 Å². The van der Waals surface area contributed by atoms with Crippen molar-refractivity contribution < 1.29 is 9.53 Å². The fraction of sp³-hybridized carbons (Fsp3) is 0.786. The molecule has 1 amide bonds. The zero-order valence-electron chi connectivity index (χ0n) is 11.3. The summed E-state index contributed by atoms with van der Waals surface area (Å²) >= 11 is 6.03. The minimum atomic E-state index is -0.0477. The van der Waals surface area contributed by atoms with Gasteiger partial charge in [-0.05, 0) is 12.8 Å². The molecule has 1 heterocycles. The van der Waals surface area contributed by atoms with E-state index in [0.29, 0.717) is 31.3 Å². The van der Waals surface area contributed by atoms with Gasteiger partial charge in [0.15, 0.2) is 0 Å². The van der Waals surface area contributed by atoms with Crippen molar-refractivity contribution in [3.63, 3.8) is 0 Å². The molecular weight excluding hydrogens is 250 g/mol. The second-order valence-corrected chi connectivity index (χ2v) is 5.07. The molecule has 18 heavy (non-hydrogen) atoms. The second kappa shape index (κ2) is 9.40. The Morgan fingerprint density at radius 1 is 1.22 bits per heavy atom. The molecule has 0 spiro atoms. The SMILES string of the molecule is CCCCCCC/C=C(\Cl)C(=O)N1CCOCC1. The van der Waals surface area contributed by atoms with E-state index in [2.05, 4.69) is 6.92 Å². The first-order valence-electron chi connectivity index (χ1n) is 6.98. The first kappa shape index (κ1) is 15.5. The number of amides is 1. The van der Waals surface area contributed by atoms with Crippen LogP contribution in [0.15, 0.2) is 11.1 Å². The van der Waals surface area contributed by atoms with Gasteiger partial charge in [0, 0.05) is 13.1 Å². The molecule has 0 radical (unpaired) electrons. The van der Waals surface area contributed by atoms with Gasteiger partial charge in [-0.3, -0.25) is 4.79 Å². The summed E-state index contributed by atoms with van der Waals surface area (Å²) in [5.74, 6) is -0.0477. The lowest BCUT2D eigenvalue weighted by molar-refractivity contribution is -0.130. The Morgan fingerprint density at radius 3 is 2.56 bits per heavy atom. The normalized spacial score (nSPS) is 17.0. The third-order valence-electron chi connectivity index (χ3n) is 3.13. The van der Waals surface area contributed by atoms with Gasteiger partial charge < -0.3 is 9.64 Å². The zero-order chi connectivity index (χ0) is 13.2. The summed E-state index contributed by atoms with van der Waals surface area (Å²) in [5, 5.41) is 0.368. The minimum absolute atomic E-state index is 0.0477. The van der Waals surface area contributed by atoms with Gasteiger partial charge in [-0.15, -0.1) is 0 Å². The van der Waals surface area contributed by atoms with Crippen molar-refractivity contribution in [1.29, 1.82) is 0 Å². The first-order chi connectivity index (χ1) is 8.75. The molecule has 1 saturated heterocycles. The fourth-order valence-corrected chi connectivity index (χ4v) is 2.21. The molecule has 104 valence electrons. The molecule has 3 nitrogen and oxygen atoms in total. The van der Waals surface area contributed by atoms with Gasteiger partial charge in [-0.1, -0.05) is 50.3 Å². The summed E-state index contributed by atoms with van der Waals surface area (Å²) in [4.78, 5) is 13.7. The molecule has 0 saturated carbocycles. The maximum Gasteiger partial charge on any atom is 0.265 e. The molecular formula is C14H24ClNO2. The third-order valence-corrected chi connectivity index (χ3v) is 3.45. The van der Waals surface area contributed by atoms with E-state index in [0.717, 1.165) is 12.8 Å². The van der Waals surface area contributed by atoms with Gasteiger partial charge in [0.05, 0.1) is 13.2 Å². The summed E-state index contributed by atoms with van der Waals surface area (Å²) in [7, 11) is 0. The van der Waals surface area contributed by atoms with E-state index in [1.165, 1.54) is 25.7 Å². The average molecular weight is 274 g/mol. The van der Waals surface area contributed by atoms with Gasteiger partial charge in [0.2, 0.25) is 0 Å². The largest absolute Gasteiger partial charge is 0.378 e. The van der Waals surface area contributed by atoms with Crippen LogP contribution in [-0.4, -0.2) is 37.1 Å². The molecule has 0 aliphatic carbocycles. The van der Waals surface area contributed by atoms with Crippen LogP contribution < -0.4 is 0 Å². The molecule has 0 bridgehead atoms. The van der Waals surface area contributed by atoms with E-state index in [9.17, 15) is 4.79 Å². The van der Waals surface area contributed by atoms with Gasteiger partial charge in [-0.2, -0.15) is 0 Å². The number of nitrogens with zero attached hydrogens (tertiary/aromatic N) is 1. The molecule has 0 aromatic heterocycles. The van der Waals surface area contributed by atoms with Crippen LogP contribution in [-0.2, 0) is 9.53 Å². The molecule has 1 rings (SSSR count). The highest BCUT2D eigenvalue weighted by Crippen LogP contribution is 2.12. The summed E-state index contributed by atoms with van der Waals surface area (Å²) in [6.45, 7) is 4.75. The molecule has 1 fully saturated rings. The monoisotopic (exact) mass is 273 g/mol. The van der Waals surface area contributed by atoms with Gasteiger partial charge in [-0.25, -0.2) is 0 Å². The zero-order valence-corrected chi connectivity index (χ0v) is 12.0. The number of halogens is 1. The number of carbonyl (C=O) groups is 1. The molecule has 1 aliphatic rings. The van der Waals surface area contributed by atoms with Crippen molar-refractivity contribution in [3.05, 3.63) is 11.1 Å². The highest BCUT2D eigenvalue weighted by atomic mass is 35.5. The Bertz CT molecular complexity index is 273. The number of unbranched alkanes of at least 4 members (excludes halogenated alkanes) is 5. The number of morpholine rings is 1. The van der Waals surface area contributed by atoms with Crippen LogP contribution in [0.4, 0.5) is 0 Å². The lowest BCUT2D eigenvalue weighted by Crippen LogP contribution is -2.40. The Morgan fingerprint density at radius 2 is 1.89 bits per heavy atom. The molecule has 0 aromatic rings. The van der Waals surface area contributed by atoms with E-state index >= 15 is 0 Å². The summed E-state index contributed by atoms with van der Waals surface area (Å²) in [5.41, 5.74) is 0. The lowest BCUT2D eigenvalue weighted by atomic mass is 10.1. The highest BCUT2D eigenvalue weighted by Gasteiger charge is 2.18. The standard InChI is InChI=1S/C14H24ClNO2/c1-2-3-4-5-6-7-8-13(15)14(17)16-9-11-18-12-10-16/h8H,2-7,9-12H2,1H3/b13-8-. The van der Waals surface area contributed by atoms with Crippen LogP contribution >= 0.6 is 11.6 Å². The minimum Gasteiger partial charge on any atom is -0.378 e. The first-order valence-corrected chi connectivity index (χ1v) is 7.36. The van der Waals surface area contributed by atoms with Crippen molar-refractivity contribution in [3.8, 4) is 0 Å². The number of allylic oxidation sites excluding steroid dienone is 1. The van der Waals surface area contributed by atoms with Crippen molar-refractivity contribution in [2.45, 2.75) is 45.4 Å². The van der Waals surface area contributed by atoms with Crippen molar-refractivity contribution >= 4 is 17.5 Å². The van der Waals surface area contributed by atoms with E-state index in [-0.39, 0.29) is 5.91 Å². The smallest absolute Gasteiger partial charge is 0.265 e. The Labute approximate surface area is 115 Å².